The molecular formula is C14H17ClO. The molecule has 1 aliphatic carbocycles. The van der Waals surface area contributed by atoms with Crippen LogP contribution in [0, 0.1) is 5.92 Å². The minimum absolute atomic E-state index is 0.310. The molecule has 2 heteroatoms. The van der Waals surface area contributed by atoms with Crippen molar-refractivity contribution in [2.24, 2.45) is 5.92 Å². The van der Waals surface area contributed by atoms with Crippen LogP contribution in [0.4, 0.5) is 0 Å². The fraction of sp³-hybridized carbons (Fsp3) is 0.429. The zero-order valence-corrected chi connectivity index (χ0v) is 10.2. The Hall–Kier alpha value is -0.790. The Morgan fingerprint density at radius 2 is 2.25 bits per heavy atom. The number of halogens is 1. The maximum absolute atomic E-state index is 10.3. The fourth-order valence-corrected chi connectivity index (χ4v) is 2.56. The van der Waals surface area contributed by atoms with Gasteiger partial charge in [0.15, 0.2) is 0 Å². The van der Waals surface area contributed by atoms with Crippen LogP contribution in [0.5, 0.6) is 0 Å². The maximum Gasteiger partial charge on any atom is 0.0824 e. The highest BCUT2D eigenvalue weighted by atomic mass is 35.5. The summed E-state index contributed by atoms with van der Waals surface area (Å²) < 4.78 is 0. The van der Waals surface area contributed by atoms with Crippen LogP contribution in [0.2, 0.25) is 0 Å². The first-order chi connectivity index (χ1) is 7.72. The summed E-state index contributed by atoms with van der Waals surface area (Å²) in [7, 11) is 0. The summed E-state index contributed by atoms with van der Waals surface area (Å²) in [5.74, 6) is 0.310. The highest BCUT2D eigenvalue weighted by Gasteiger charge is 2.27. The van der Waals surface area contributed by atoms with Crippen molar-refractivity contribution in [3.63, 3.8) is 0 Å². The zero-order valence-electron chi connectivity index (χ0n) is 9.49. The van der Waals surface area contributed by atoms with E-state index in [1.807, 2.05) is 25.1 Å². The molecule has 1 aliphatic rings. The summed E-state index contributed by atoms with van der Waals surface area (Å²) in [6.07, 6.45) is 2.66. The van der Waals surface area contributed by atoms with E-state index in [1.165, 1.54) is 5.56 Å². The SMILES string of the molecule is C/C(=C/Cl)CC1CCc2ccccc2C1O. The average molecular weight is 237 g/mol. The van der Waals surface area contributed by atoms with Gasteiger partial charge in [-0.15, -0.1) is 0 Å². The van der Waals surface area contributed by atoms with Gasteiger partial charge in [-0.05, 0) is 43.2 Å². The first-order valence-electron chi connectivity index (χ1n) is 5.74. The Bertz CT molecular complexity index is 397. The fourth-order valence-electron chi connectivity index (χ4n) is 2.47. The normalized spacial score (nSPS) is 25.3. The van der Waals surface area contributed by atoms with Crippen molar-refractivity contribution < 1.29 is 5.11 Å². The van der Waals surface area contributed by atoms with Crippen LogP contribution in [0.15, 0.2) is 35.4 Å². The van der Waals surface area contributed by atoms with Crippen LogP contribution < -0.4 is 0 Å². The number of fused-ring (bicyclic) bond motifs is 1. The first kappa shape index (κ1) is 11.7. The van der Waals surface area contributed by atoms with Gasteiger partial charge in [0.1, 0.15) is 0 Å². The molecule has 0 fully saturated rings. The van der Waals surface area contributed by atoms with Gasteiger partial charge in [0.25, 0.3) is 0 Å². The number of rotatable bonds is 2. The Balaban J connectivity index is 2.18. The van der Waals surface area contributed by atoms with Gasteiger partial charge in [0.2, 0.25) is 0 Å². The molecule has 1 N–H and O–H groups in total. The number of aliphatic hydroxyl groups is 1. The topological polar surface area (TPSA) is 20.2 Å². The Morgan fingerprint density at radius 3 is 3.00 bits per heavy atom. The maximum atomic E-state index is 10.3. The zero-order chi connectivity index (χ0) is 11.5. The lowest BCUT2D eigenvalue weighted by atomic mass is 9.79. The molecule has 0 radical (unpaired) electrons. The molecule has 0 spiro atoms. The van der Waals surface area contributed by atoms with E-state index >= 15 is 0 Å². The number of hydrogen-bond acceptors (Lipinski definition) is 1. The van der Waals surface area contributed by atoms with Crippen molar-refractivity contribution in [3.8, 4) is 0 Å². The van der Waals surface area contributed by atoms with Crippen LogP contribution in [-0.2, 0) is 6.42 Å². The summed E-state index contributed by atoms with van der Waals surface area (Å²) in [5, 5.41) is 10.3. The lowest BCUT2D eigenvalue weighted by Gasteiger charge is -2.30. The quantitative estimate of drug-likeness (QED) is 0.828. The molecule has 0 heterocycles. The predicted molar refractivity (Wildman–Crippen MR) is 67.4 cm³/mol. The molecule has 1 nitrogen and oxygen atoms in total. The van der Waals surface area contributed by atoms with Crippen LogP contribution in [-0.4, -0.2) is 5.11 Å². The van der Waals surface area contributed by atoms with E-state index in [1.54, 1.807) is 5.54 Å². The molecule has 2 unspecified atom stereocenters. The van der Waals surface area contributed by atoms with E-state index in [-0.39, 0.29) is 6.10 Å². The molecule has 2 rings (SSSR count). The first-order valence-corrected chi connectivity index (χ1v) is 6.17. The standard InChI is InChI=1S/C14H17ClO/c1-10(9-15)8-12-7-6-11-4-2-3-5-13(11)14(12)16/h2-5,9,12,14,16H,6-8H2,1H3/b10-9-. The molecule has 0 aromatic heterocycles. The molecule has 2 atom stereocenters. The van der Waals surface area contributed by atoms with Gasteiger partial charge in [-0.25, -0.2) is 0 Å². The molecule has 16 heavy (non-hydrogen) atoms. The highest BCUT2D eigenvalue weighted by molar-refractivity contribution is 6.25. The summed E-state index contributed by atoms with van der Waals surface area (Å²) in [6, 6.07) is 8.18. The average Bonchev–Trinajstić information content (AvgIpc) is 2.33. The monoisotopic (exact) mass is 236 g/mol. The number of aliphatic hydroxyl groups excluding tert-OH is 1. The second-order valence-electron chi connectivity index (χ2n) is 4.60. The van der Waals surface area contributed by atoms with Crippen molar-refractivity contribution in [2.75, 3.05) is 0 Å². The van der Waals surface area contributed by atoms with E-state index in [2.05, 4.69) is 6.07 Å². The van der Waals surface area contributed by atoms with E-state index < -0.39 is 0 Å². The van der Waals surface area contributed by atoms with E-state index in [4.69, 9.17) is 11.6 Å². The Morgan fingerprint density at radius 1 is 1.50 bits per heavy atom. The summed E-state index contributed by atoms with van der Waals surface area (Å²) in [5.41, 5.74) is 5.15. The second-order valence-corrected chi connectivity index (χ2v) is 4.82. The largest absolute Gasteiger partial charge is 0.388 e. The van der Waals surface area contributed by atoms with E-state index in [9.17, 15) is 5.11 Å². The van der Waals surface area contributed by atoms with Gasteiger partial charge >= 0.3 is 0 Å². The molecule has 0 bridgehead atoms. The molecule has 1 aromatic rings. The number of benzene rings is 1. The predicted octanol–water partition coefficient (Wildman–Crippen LogP) is 3.82. The molecule has 86 valence electrons. The molecule has 0 saturated carbocycles. The number of aryl methyl sites for hydroxylation is 1. The lowest BCUT2D eigenvalue weighted by molar-refractivity contribution is 0.0937. The Kier molecular flexibility index (Phi) is 3.67. The molecule has 0 saturated heterocycles. The van der Waals surface area contributed by atoms with Crippen molar-refractivity contribution in [1.29, 1.82) is 0 Å². The minimum Gasteiger partial charge on any atom is -0.388 e. The second kappa shape index (κ2) is 5.03. The number of hydrogen-bond donors (Lipinski definition) is 1. The van der Waals surface area contributed by atoms with Crippen LogP contribution >= 0.6 is 11.6 Å². The highest BCUT2D eigenvalue weighted by Crippen LogP contribution is 2.37. The third kappa shape index (κ3) is 2.31. The summed E-state index contributed by atoms with van der Waals surface area (Å²) >= 11 is 5.68. The van der Waals surface area contributed by atoms with E-state index in [0.717, 1.165) is 30.4 Å². The van der Waals surface area contributed by atoms with Gasteiger partial charge < -0.3 is 5.11 Å². The lowest BCUT2D eigenvalue weighted by Crippen LogP contribution is -2.20. The van der Waals surface area contributed by atoms with Crippen LogP contribution in [0.1, 0.15) is 37.0 Å². The van der Waals surface area contributed by atoms with Crippen molar-refractivity contribution in [1.82, 2.24) is 0 Å². The van der Waals surface area contributed by atoms with Crippen LogP contribution in [0.3, 0.4) is 0 Å². The van der Waals surface area contributed by atoms with Gasteiger partial charge in [-0.2, -0.15) is 0 Å². The molecule has 0 amide bonds. The third-order valence-corrected chi connectivity index (χ3v) is 3.75. The molecule has 0 aliphatic heterocycles. The smallest absolute Gasteiger partial charge is 0.0824 e. The van der Waals surface area contributed by atoms with Crippen molar-refractivity contribution in [3.05, 3.63) is 46.5 Å². The summed E-state index contributed by atoms with van der Waals surface area (Å²) in [6.45, 7) is 2.01. The van der Waals surface area contributed by atoms with Crippen molar-refractivity contribution in [2.45, 2.75) is 32.3 Å². The number of allylic oxidation sites excluding steroid dienone is 1. The van der Waals surface area contributed by atoms with Gasteiger partial charge in [0.05, 0.1) is 6.10 Å². The van der Waals surface area contributed by atoms with Crippen molar-refractivity contribution >= 4 is 11.6 Å². The summed E-state index contributed by atoms with van der Waals surface area (Å²) in [4.78, 5) is 0. The van der Waals surface area contributed by atoms with Gasteiger partial charge in [-0.3, -0.25) is 0 Å². The van der Waals surface area contributed by atoms with Gasteiger partial charge in [0, 0.05) is 5.54 Å². The minimum atomic E-state index is -0.337. The Labute approximate surface area is 102 Å². The van der Waals surface area contributed by atoms with Gasteiger partial charge in [-0.1, -0.05) is 41.4 Å². The molecule has 1 aromatic carbocycles. The third-order valence-electron chi connectivity index (χ3n) is 3.38. The van der Waals surface area contributed by atoms with E-state index in [0.29, 0.717) is 5.92 Å². The van der Waals surface area contributed by atoms with Crippen LogP contribution in [0.25, 0.3) is 0 Å². The molecular weight excluding hydrogens is 220 g/mol.